The van der Waals surface area contributed by atoms with Crippen molar-refractivity contribution < 1.29 is 4.52 Å². The third-order valence-corrected chi connectivity index (χ3v) is 3.96. The number of benzene rings is 1. The van der Waals surface area contributed by atoms with Crippen LogP contribution in [0.2, 0.25) is 10.0 Å². The summed E-state index contributed by atoms with van der Waals surface area (Å²) in [4.78, 5) is 0. The average Bonchev–Trinajstić information content (AvgIpc) is 2.81. The molecular weight excluding hydrogens is 283 g/mol. The van der Waals surface area contributed by atoms with Gasteiger partial charge in [-0.25, -0.2) is 0 Å². The first-order valence-electron chi connectivity index (χ1n) is 6.39. The van der Waals surface area contributed by atoms with Crippen LogP contribution in [0.25, 0.3) is 0 Å². The lowest BCUT2D eigenvalue weighted by Crippen LogP contribution is -2.06. The maximum atomic E-state index is 6.12. The van der Waals surface area contributed by atoms with Crippen molar-refractivity contribution in [3.63, 3.8) is 0 Å². The molecule has 0 saturated carbocycles. The van der Waals surface area contributed by atoms with E-state index in [-0.39, 0.29) is 0 Å². The molecule has 0 amide bonds. The molecule has 19 heavy (non-hydrogen) atoms. The number of anilines is 1. The first-order chi connectivity index (χ1) is 9.24. The van der Waals surface area contributed by atoms with E-state index in [4.69, 9.17) is 27.7 Å². The van der Waals surface area contributed by atoms with Crippen LogP contribution in [0.3, 0.4) is 0 Å². The van der Waals surface area contributed by atoms with Crippen LogP contribution < -0.4 is 5.32 Å². The van der Waals surface area contributed by atoms with Crippen LogP contribution >= 0.6 is 23.2 Å². The lowest BCUT2D eigenvalue weighted by Gasteiger charge is -2.11. The van der Waals surface area contributed by atoms with Gasteiger partial charge in [0, 0.05) is 17.0 Å². The largest absolute Gasteiger partial charge is 0.378 e. The summed E-state index contributed by atoms with van der Waals surface area (Å²) >= 11 is 12.0. The van der Waals surface area contributed by atoms with E-state index in [0.29, 0.717) is 16.6 Å². The first kappa shape index (κ1) is 12.8. The first-order valence-corrected chi connectivity index (χ1v) is 7.15. The Labute approximate surface area is 121 Å². The number of nitrogens with zero attached hydrogens (tertiary/aromatic N) is 1. The van der Waals surface area contributed by atoms with Gasteiger partial charge in [-0.05, 0) is 37.5 Å². The number of aromatic nitrogens is 1. The third-order valence-electron chi connectivity index (χ3n) is 3.41. The van der Waals surface area contributed by atoms with Gasteiger partial charge in [0.15, 0.2) is 0 Å². The SMILES string of the molecule is Clc1ccc(NCc2noc3c2CCCC3)c(Cl)c1. The number of halogens is 2. The number of rotatable bonds is 3. The van der Waals surface area contributed by atoms with Crippen LogP contribution in [0, 0.1) is 0 Å². The summed E-state index contributed by atoms with van der Waals surface area (Å²) in [7, 11) is 0. The van der Waals surface area contributed by atoms with E-state index in [1.165, 1.54) is 18.4 Å². The quantitative estimate of drug-likeness (QED) is 0.908. The number of fused-ring (bicyclic) bond motifs is 1. The normalized spacial score (nSPS) is 14.2. The summed E-state index contributed by atoms with van der Waals surface area (Å²) in [5.74, 6) is 1.05. The summed E-state index contributed by atoms with van der Waals surface area (Å²) in [5.41, 5.74) is 3.11. The second-order valence-electron chi connectivity index (χ2n) is 4.72. The number of hydrogen-bond acceptors (Lipinski definition) is 3. The maximum absolute atomic E-state index is 6.12. The highest BCUT2D eigenvalue weighted by Gasteiger charge is 2.19. The topological polar surface area (TPSA) is 38.1 Å². The van der Waals surface area contributed by atoms with Crippen molar-refractivity contribution >= 4 is 28.9 Å². The summed E-state index contributed by atoms with van der Waals surface area (Å²) in [5, 5.41) is 8.68. The molecule has 0 unspecified atom stereocenters. The molecule has 0 aliphatic heterocycles. The van der Waals surface area contributed by atoms with Crippen molar-refractivity contribution in [2.75, 3.05) is 5.32 Å². The highest BCUT2D eigenvalue weighted by Crippen LogP contribution is 2.28. The zero-order valence-electron chi connectivity index (χ0n) is 10.4. The van der Waals surface area contributed by atoms with Gasteiger partial charge in [0.25, 0.3) is 0 Å². The molecule has 1 N–H and O–H groups in total. The van der Waals surface area contributed by atoms with E-state index in [1.54, 1.807) is 6.07 Å². The van der Waals surface area contributed by atoms with Crippen molar-refractivity contribution in [3.05, 3.63) is 45.3 Å². The van der Waals surface area contributed by atoms with Gasteiger partial charge in [0.05, 0.1) is 17.3 Å². The van der Waals surface area contributed by atoms with Gasteiger partial charge < -0.3 is 9.84 Å². The Hall–Kier alpha value is -1.19. The van der Waals surface area contributed by atoms with Gasteiger partial charge >= 0.3 is 0 Å². The molecule has 1 aliphatic rings. The molecule has 0 saturated heterocycles. The molecule has 3 rings (SSSR count). The highest BCUT2D eigenvalue weighted by molar-refractivity contribution is 6.36. The van der Waals surface area contributed by atoms with Crippen LogP contribution in [0.15, 0.2) is 22.7 Å². The molecule has 1 heterocycles. The van der Waals surface area contributed by atoms with E-state index < -0.39 is 0 Å². The Morgan fingerprint density at radius 1 is 1.21 bits per heavy atom. The highest BCUT2D eigenvalue weighted by atomic mass is 35.5. The Morgan fingerprint density at radius 2 is 2.05 bits per heavy atom. The van der Waals surface area contributed by atoms with Crippen molar-refractivity contribution in [2.45, 2.75) is 32.2 Å². The van der Waals surface area contributed by atoms with Gasteiger partial charge in [0.2, 0.25) is 0 Å². The fourth-order valence-electron chi connectivity index (χ4n) is 2.40. The van der Waals surface area contributed by atoms with Gasteiger partial charge in [-0.2, -0.15) is 0 Å². The smallest absolute Gasteiger partial charge is 0.140 e. The molecule has 3 nitrogen and oxygen atoms in total. The van der Waals surface area contributed by atoms with Crippen LogP contribution in [-0.2, 0) is 19.4 Å². The zero-order chi connectivity index (χ0) is 13.2. The summed E-state index contributed by atoms with van der Waals surface area (Å²) in [6.07, 6.45) is 4.47. The molecular formula is C14H14Cl2N2O. The summed E-state index contributed by atoms with van der Waals surface area (Å²) in [6.45, 7) is 0.625. The third kappa shape index (κ3) is 2.72. The Bertz CT molecular complexity index is 595. The molecule has 0 radical (unpaired) electrons. The number of nitrogens with one attached hydrogen (secondary N) is 1. The molecule has 1 aromatic carbocycles. The van der Waals surface area contributed by atoms with Gasteiger partial charge in [-0.15, -0.1) is 0 Å². The van der Waals surface area contributed by atoms with Crippen molar-refractivity contribution in [1.29, 1.82) is 0 Å². The fourth-order valence-corrected chi connectivity index (χ4v) is 2.87. The molecule has 0 fully saturated rings. The van der Waals surface area contributed by atoms with E-state index >= 15 is 0 Å². The predicted molar refractivity (Wildman–Crippen MR) is 76.9 cm³/mol. The number of hydrogen-bond donors (Lipinski definition) is 1. The van der Waals surface area contributed by atoms with Crippen LogP contribution in [-0.4, -0.2) is 5.16 Å². The van der Waals surface area contributed by atoms with E-state index in [2.05, 4.69) is 10.5 Å². The molecule has 0 bridgehead atoms. The summed E-state index contributed by atoms with van der Waals surface area (Å²) in [6, 6.07) is 5.41. The van der Waals surface area contributed by atoms with Gasteiger partial charge in [0.1, 0.15) is 11.5 Å². The molecule has 5 heteroatoms. The van der Waals surface area contributed by atoms with E-state index in [0.717, 1.165) is 30.0 Å². The second-order valence-corrected chi connectivity index (χ2v) is 5.56. The Morgan fingerprint density at radius 3 is 2.89 bits per heavy atom. The van der Waals surface area contributed by atoms with Crippen molar-refractivity contribution in [2.24, 2.45) is 0 Å². The lowest BCUT2D eigenvalue weighted by molar-refractivity contribution is 0.368. The average molecular weight is 297 g/mol. The lowest BCUT2D eigenvalue weighted by atomic mass is 9.96. The fraction of sp³-hybridized carbons (Fsp3) is 0.357. The van der Waals surface area contributed by atoms with Crippen LogP contribution in [0.4, 0.5) is 5.69 Å². The van der Waals surface area contributed by atoms with Crippen LogP contribution in [0.5, 0.6) is 0 Å². The Balaban J connectivity index is 1.74. The number of aryl methyl sites for hydroxylation is 1. The minimum atomic E-state index is 0.616. The standard InChI is InChI=1S/C14H14Cl2N2O/c15-9-5-6-12(11(16)7-9)17-8-13-10-3-1-2-4-14(10)19-18-13/h5-7,17H,1-4,8H2. The van der Waals surface area contributed by atoms with Crippen LogP contribution in [0.1, 0.15) is 29.9 Å². The molecule has 1 aromatic heterocycles. The van der Waals surface area contributed by atoms with Gasteiger partial charge in [-0.3, -0.25) is 0 Å². The summed E-state index contributed by atoms with van der Waals surface area (Å²) < 4.78 is 5.38. The minimum Gasteiger partial charge on any atom is -0.378 e. The molecule has 0 spiro atoms. The Kier molecular flexibility index (Phi) is 3.67. The minimum absolute atomic E-state index is 0.616. The van der Waals surface area contributed by atoms with Crippen molar-refractivity contribution in [3.8, 4) is 0 Å². The zero-order valence-corrected chi connectivity index (χ0v) is 11.9. The molecule has 1 aliphatic carbocycles. The second kappa shape index (κ2) is 5.43. The molecule has 2 aromatic rings. The monoisotopic (exact) mass is 296 g/mol. The van der Waals surface area contributed by atoms with E-state index in [1.807, 2.05) is 12.1 Å². The van der Waals surface area contributed by atoms with Gasteiger partial charge in [-0.1, -0.05) is 28.4 Å². The van der Waals surface area contributed by atoms with E-state index in [9.17, 15) is 0 Å². The van der Waals surface area contributed by atoms with Crippen molar-refractivity contribution in [1.82, 2.24) is 5.16 Å². The molecule has 100 valence electrons. The predicted octanol–water partition coefficient (Wildman–Crippen LogP) is 4.47. The maximum Gasteiger partial charge on any atom is 0.140 e. The molecule has 0 atom stereocenters.